The average Bonchev–Trinajstić information content (AvgIpc) is 2.28. The van der Waals surface area contributed by atoms with Crippen LogP contribution in [0, 0.1) is 18.3 Å². The number of anilines is 1. The number of nitriles is 1. The highest BCUT2D eigenvalue weighted by Gasteiger charge is 2.18. The van der Waals surface area contributed by atoms with Crippen molar-refractivity contribution in [2.45, 2.75) is 19.9 Å². The van der Waals surface area contributed by atoms with Crippen molar-refractivity contribution in [1.29, 1.82) is 5.26 Å². The largest absolute Gasteiger partial charge is 0.338 e. The third-order valence-corrected chi connectivity index (χ3v) is 2.61. The van der Waals surface area contributed by atoms with Crippen molar-refractivity contribution in [1.82, 2.24) is 15.3 Å². The van der Waals surface area contributed by atoms with Crippen molar-refractivity contribution in [3.63, 3.8) is 0 Å². The topological polar surface area (TPSA) is 64.8 Å². The van der Waals surface area contributed by atoms with Gasteiger partial charge in [0, 0.05) is 31.4 Å². The van der Waals surface area contributed by atoms with Crippen LogP contribution in [0.4, 0.5) is 5.95 Å². The van der Waals surface area contributed by atoms with Crippen LogP contribution in [0.15, 0.2) is 6.07 Å². The smallest absolute Gasteiger partial charge is 0.226 e. The predicted octanol–water partition coefficient (Wildman–Crippen LogP) is 0.455. The van der Waals surface area contributed by atoms with Gasteiger partial charge >= 0.3 is 0 Å². The second kappa shape index (κ2) is 4.45. The molecule has 1 atom stereocenters. The van der Waals surface area contributed by atoms with Gasteiger partial charge in [-0.25, -0.2) is 9.97 Å². The molecule has 0 aliphatic carbocycles. The predicted molar refractivity (Wildman–Crippen MR) is 61.2 cm³/mol. The summed E-state index contributed by atoms with van der Waals surface area (Å²) in [4.78, 5) is 10.7. The van der Waals surface area contributed by atoms with E-state index in [1.54, 1.807) is 6.07 Å². The summed E-state index contributed by atoms with van der Waals surface area (Å²) in [5.74, 6) is 0.671. The number of nitrogens with zero attached hydrogens (tertiary/aromatic N) is 4. The Morgan fingerprint density at radius 2 is 2.38 bits per heavy atom. The highest BCUT2D eigenvalue weighted by atomic mass is 15.3. The molecule has 1 aliphatic rings. The Hall–Kier alpha value is -1.67. The van der Waals surface area contributed by atoms with E-state index >= 15 is 0 Å². The first-order valence-electron chi connectivity index (χ1n) is 5.43. The van der Waals surface area contributed by atoms with Gasteiger partial charge in [-0.15, -0.1) is 0 Å². The third kappa shape index (κ3) is 2.28. The lowest BCUT2D eigenvalue weighted by Gasteiger charge is -2.31. The first-order valence-corrected chi connectivity index (χ1v) is 5.43. The normalized spacial score (nSPS) is 20.6. The molecule has 16 heavy (non-hydrogen) atoms. The Bertz CT molecular complexity index is 423. The molecule has 1 fully saturated rings. The van der Waals surface area contributed by atoms with Gasteiger partial charge in [-0.05, 0) is 19.9 Å². The van der Waals surface area contributed by atoms with Gasteiger partial charge in [0.25, 0.3) is 0 Å². The molecule has 0 bridgehead atoms. The van der Waals surface area contributed by atoms with Crippen LogP contribution in [0.25, 0.3) is 0 Å². The number of aryl methyl sites for hydroxylation is 1. The molecule has 1 aliphatic heterocycles. The Balaban J connectivity index is 2.26. The van der Waals surface area contributed by atoms with Crippen molar-refractivity contribution in [3.8, 4) is 6.07 Å². The Kier molecular flexibility index (Phi) is 3.02. The first kappa shape index (κ1) is 10.8. The van der Waals surface area contributed by atoms with Crippen molar-refractivity contribution < 1.29 is 0 Å². The van der Waals surface area contributed by atoms with Gasteiger partial charge in [0.1, 0.15) is 11.8 Å². The maximum atomic E-state index is 8.87. The summed E-state index contributed by atoms with van der Waals surface area (Å²) in [5, 5.41) is 12.2. The molecule has 2 heterocycles. The van der Waals surface area contributed by atoms with Crippen molar-refractivity contribution >= 4 is 5.95 Å². The zero-order valence-electron chi connectivity index (χ0n) is 9.56. The number of rotatable bonds is 1. The van der Waals surface area contributed by atoms with Gasteiger partial charge in [-0.2, -0.15) is 5.26 Å². The maximum Gasteiger partial charge on any atom is 0.226 e. The Morgan fingerprint density at radius 3 is 3.06 bits per heavy atom. The number of hydrogen-bond acceptors (Lipinski definition) is 5. The van der Waals surface area contributed by atoms with E-state index in [-0.39, 0.29) is 0 Å². The molecule has 0 unspecified atom stereocenters. The molecule has 2 rings (SSSR count). The van der Waals surface area contributed by atoms with Gasteiger partial charge in [0.15, 0.2) is 0 Å². The fraction of sp³-hybridized carbons (Fsp3) is 0.545. The summed E-state index contributed by atoms with van der Waals surface area (Å²) in [6.45, 7) is 6.72. The molecular formula is C11H15N5. The van der Waals surface area contributed by atoms with E-state index in [1.165, 1.54) is 0 Å². The average molecular weight is 217 g/mol. The highest BCUT2D eigenvalue weighted by Crippen LogP contribution is 2.12. The quantitative estimate of drug-likeness (QED) is 0.740. The molecule has 1 saturated heterocycles. The van der Waals surface area contributed by atoms with E-state index < -0.39 is 0 Å². The number of aromatic nitrogens is 2. The minimum absolute atomic E-state index is 0.434. The molecule has 5 heteroatoms. The van der Waals surface area contributed by atoms with E-state index in [1.807, 2.05) is 6.92 Å². The molecule has 5 nitrogen and oxygen atoms in total. The van der Waals surface area contributed by atoms with E-state index in [4.69, 9.17) is 5.26 Å². The van der Waals surface area contributed by atoms with Gasteiger partial charge in [0.05, 0.1) is 0 Å². The molecule has 1 aromatic heterocycles. The molecule has 1 N–H and O–H groups in total. The third-order valence-electron chi connectivity index (χ3n) is 2.61. The first-order chi connectivity index (χ1) is 7.69. The van der Waals surface area contributed by atoms with Crippen LogP contribution >= 0.6 is 0 Å². The summed E-state index contributed by atoms with van der Waals surface area (Å²) < 4.78 is 0. The summed E-state index contributed by atoms with van der Waals surface area (Å²) >= 11 is 0. The lowest BCUT2D eigenvalue weighted by atomic mass is 10.2. The summed E-state index contributed by atoms with van der Waals surface area (Å²) in [5.41, 5.74) is 1.28. The minimum Gasteiger partial charge on any atom is -0.338 e. The van der Waals surface area contributed by atoms with E-state index in [0.717, 1.165) is 25.3 Å². The number of hydrogen-bond donors (Lipinski definition) is 1. The summed E-state index contributed by atoms with van der Waals surface area (Å²) in [7, 11) is 0. The van der Waals surface area contributed by atoms with Crippen LogP contribution in [0.5, 0.6) is 0 Å². The Labute approximate surface area is 95.1 Å². The lowest BCUT2D eigenvalue weighted by Crippen LogP contribution is -2.49. The molecule has 0 amide bonds. The van der Waals surface area contributed by atoms with Crippen molar-refractivity contribution in [3.05, 3.63) is 17.5 Å². The van der Waals surface area contributed by atoms with E-state index in [2.05, 4.69) is 33.2 Å². The second-order valence-corrected chi connectivity index (χ2v) is 4.11. The Morgan fingerprint density at radius 1 is 1.56 bits per heavy atom. The molecular weight excluding hydrogens is 202 g/mol. The van der Waals surface area contributed by atoms with Gasteiger partial charge in [0.2, 0.25) is 5.95 Å². The van der Waals surface area contributed by atoms with Gasteiger partial charge < -0.3 is 10.2 Å². The van der Waals surface area contributed by atoms with Crippen LogP contribution in [-0.4, -0.2) is 35.6 Å². The number of nitrogens with one attached hydrogen (secondary N) is 1. The van der Waals surface area contributed by atoms with Crippen LogP contribution in [0.2, 0.25) is 0 Å². The second-order valence-electron chi connectivity index (χ2n) is 4.11. The lowest BCUT2D eigenvalue weighted by molar-refractivity contribution is 0.479. The fourth-order valence-corrected chi connectivity index (χ4v) is 1.87. The molecule has 0 aromatic carbocycles. The zero-order valence-corrected chi connectivity index (χ0v) is 9.56. The van der Waals surface area contributed by atoms with Crippen LogP contribution in [0.3, 0.4) is 0 Å². The van der Waals surface area contributed by atoms with Crippen molar-refractivity contribution in [2.75, 3.05) is 24.5 Å². The monoisotopic (exact) mass is 217 g/mol. The molecule has 84 valence electrons. The van der Waals surface area contributed by atoms with Gasteiger partial charge in [-0.1, -0.05) is 0 Å². The standard InChI is InChI=1S/C11H15N5/c1-8-5-10(6-12)15-11(14-8)16-4-3-13-9(2)7-16/h5,9,13H,3-4,7H2,1-2H3/t9-/m1/s1. The maximum absolute atomic E-state index is 8.87. The van der Waals surface area contributed by atoms with Crippen LogP contribution in [-0.2, 0) is 0 Å². The summed E-state index contributed by atoms with van der Waals surface area (Å²) in [6, 6.07) is 4.20. The van der Waals surface area contributed by atoms with E-state index in [9.17, 15) is 0 Å². The molecule has 0 radical (unpaired) electrons. The highest BCUT2D eigenvalue weighted by molar-refractivity contribution is 5.36. The SMILES string of the molecule is Cc1cc(C#N)nc(N2CCN[C@H](C)C2)n1. The van der Waals surface area contributed by atoms with Crippen LogP contribution < -0.4 is 10.2 Å². The molecule has 1 aromatic rings. The van der Waals surface area contributed by atoms with E-state index in [0.29, 0.717) is 17.7 Å². The minimum atomic E-state index is 0.434. The molecule has 0 spiro atoms. The number of piperazine rings is 1. The van der Waals surface area contributed by atoms with Crippen molar-refractivity contribution in [2.24, 2.45) is 0 Å². The fourth-order valence-electron chi connectivity index (χ4n) is 1.87. The summed E-state index contributed by atoms with van der Waals surface area (Å²) in [6.07, 6.45) is 0. The van der Waals surface area contributed by atoms with Crippen LogP contribution in [0.1, 0.15) is 18.3 Å². The molecule has 0 saturated carbocycles. The zero-order chi connectivity index (χ0) is 11.5. The van der Waals surface area contributed by atoms with Gasteiger partial charge in [-0.3, -0.25) is 0 Å².